The highest BCUT2D eigenvalue weighted by atomic mass is 16.8. The molecule has 3 aromatic carbocycles. The van der Waals surface area contributed by atoms with Gasteiger partial charge in [-0.2, -0.15) is 0 Å². The average Bonchev–Trinajstić information content (AvgIpc) is 1.43. The topological polar surface area (TPSA) is 417 Å². The number of aliphatic hydroxyl groups excluding tert-OH is 9. The van der Waals surface area contributed by atoms with Crippen LogP contribution in [0.2, 0.25) is 0 Å². The quantitative estimate of drug-likeness (QED) is 0.0132. The highest BCUT2D eigenvalue weighted by Gasteiger charge is 2.54. The summed E-state index contributed by atoms with van der Waals surface area (Å²) in [7, 11) is 7.58. The molecule has 3 fully saturated rings. The van der Waals surface area contributed by atoms with Crippen molar-refractivity contribution in [1.82, 2.24) is 20.5 Å². The van der Waals surface area contributed by atoms with Gasteiger partial charge in [0.2, 0.25) is 11.3 Å². The maximum Gasteiger partial charge on any atom is 0.336 e. The number of hydrogen-bond acceptors (Lipinski definition) is 23. The minimum absolute atomic E-state index is 0.00224. The fourth-order valence-electron chi connectivity index (χ4n) is 10.0. The summed E-state index contributed by atoms with van der Waals surface area (Å²) in [5.74, 6) is -2.37. The summed E-state index contributed by atoms with van der Waals surface area (Å²) < 4.78 is 48.0. The van der Waals surface area contributed by atoms with Crippen LogP contribution in [0.4, 0.5) is 11.4 Å². The van der Waals surface area contributed by atoms with Crippen LogP contribution in [0.5, 0.6) is 0 Å². The van der Waals surface area contributed by atoms with Gasteiger partial charge in [-0.05, 0) is 48.0 Å². The van der Waals surface area contributed by atoms with Gasteiger partial charge in [-0.3, -0.25) is 14.4 Å². The molecule has 28 nitrogen and oxygen atoms in total. The molecule has 3 amide bonds. The first-order chi connectivity index (χ1) is 40.6. The van der Waals surface area contributed by atoms with E-state index in [0.717, 1.165) is 11.0 Å². The number of anilines is 2. The smallest absolute Gasteiger partial charge is 0.336 e. The monoisotopic (exact) mass is 1190 g/mol. The van der Waals surface area contributed by atoms with Gasteiger partial charge in [-0.1, -0.05) is 18.2 Å². The Labute approximate surface area is 486 Å². The van der Waals surface area contributed by atoms with Gasteiger partial charge in [0, 0.05) is 79.3 Å². The van der Waals surface area contributed by atoms with E-state index < -0.39 is 136 Å². The number of benzene rings is 4. The second-order valence-corrected chi connectivity index (χ2v) is 21.0. The third-order valence-corrected chi connectivity index (χ3v) is 14.8. The number of rotatable bonds is 23. The Morgan fingerprint density at radius 1 is 0.635 bits per heavy atom. The molecule has 0 unspecified atom stereocenters. The van der Waals surface area contributed by atoms with Crippen LogP contribution < -0.4 is 36.5 Å². The summed E-state index contributed by atoms with van der Waals surface area (Å²) in [5.41, 5.74) is 9.30. The lowest BCUT2D eigenvalue weighted by atomic mass is 9.89. The lowest BCUT2D eigenvalue weighted by molar-refractivity contribution is -0.380. The van der Waals surface area contributed by atoms with Crippen LogP contribution in [-0.2, 0) is 38.0 Å². The number of para-hydroxylation sites is 1. The zero-order valence-corrected chi connectivity index (χ0v) is 46.9. The third-order valence-electron chi connectivity index (χ3n) is 14.8. The van der Waals surface area contributed by atoms with Crippen molar-refractivity contribution in [2.24, 2.45) is 0 Å². The molecule has 3 aromatic rings. The molecule has 5 aliphatic rings. The zero-order chi connectivity index (χ0) is 61.4. The van der Waals surface area contributed by atoms with Crippen molar-refractivity contribution in [3.63, 3.8) is 0 Å². The van der Waals surface area contributed by atoms with E-state index in [1.54, 1.807) is 24.3 Å². The van der Waals surface area contributed by atoms with Gasteiger partial charge in [-0.25, -0.2) is 9.37 Å². The number of carbonyl (C=O) groups excluding carboxylic acids is 3. The minimum Gasteiger partial charge on any atom is -0.478 e. The number of aromatic carboxylic acids is 1. The van der Waals surface area contributed by atoms with E-state index in [4.69, 9.17) is 43.3 Å². The van der Waals surface area contributed by atoms with Crippen molar-refractivity contribution in [2.75, 3.05) is 91.5 Å². The number of ether oxygens (including phenoxy) is 7. The molecule has 4 aliphatic heterocycles. The molecule has 4 heterocycles. The predicted octanol–water partition coefficient (Wildman–Crippen LogP) is -3.26. The summed E-state index contributed by atoms with van der Waals surface area (Å²) >= 11 is 0. The molecule has 1 aliphatic carbocycles. The largest absolute Gasteiger partial charge is 0.478 e. The van der Waals surface area contributed by atoms with Gasteiger partial charge in [0.05, 0.1) is 56.6 Å². The second-order valence-electron chi connectivity index (χ2n) is 21.0. The lowest BCUT2D eigenvalue weighted by Crippen LogP contribution is -2.66. The molecule has 0 aromatic heterocycles. The molecule has 0 saturated carbocycles. The number of aliphatic hydroxyl groups is 9. The highest BCUT2D eigenvalue weighted by Crippen LogP contribution is 2.42. The van der Waals surface area contributed by atoms with Crippen LogP contribution in [-0.4, -0.2) is 248 Å². The fraction of sp³-hybridized carbons (Fsp3) is 0.491. The Morgan fingerprint density at radius 3 is 2.00 bits per heavy atom. The van der Waals surface area contributed by atoms with Gasteiger partial charge < -0.3 is 115 Å². The van der Waals surface area contributed by atoms with Crippen LogP contribution in [0.3, 0.4) is 0 Å². The van der Waals surface area contributed by atoms with Crippen LogP contribution in [0.25, 0.3) is 33.4 Å². The van der Waals surface area contributed by atoms with Gasteiger partial charge in [0.15, 0.2) is 18.9 Å². The first-order valence-corrected chi connectivity index (χ1v) is 27.3. The number of amides is 3. The van der Waals surface area contributed by atoms with Crippen LogP contribution >= 0.6 is 0 Å². The number of nitrogen functional groups attached to an aromatic ring is 1. The first kappa shape index (κ1) is 64.2. The number of nitrogens with one attached hydrogen (secondary N) is 3. The van der Waals surface area contributed by atoms with E-state index in [1.807, 2.05) is 74.1 Å². The maximum atomic E-state index is 13.4. The average molecular weight is 1190 g/mol. The minimum atomic E-state index is -2.04. The van der Waals surface area contributed by atoms with Crippen molar-refractivity contribution in [2.45, 2.75) is 98.5 Å². The Morgan fingerprint density at radius 2 is 1.29 bits per heavy atom. The van der Waals surface area contributed by atoms with Crippen molar-refractivity contribution >= 4 is 46.0 Å². The Bertz CT molecular complexity index is 3180. The summed E-state index contributed by atoms with van der Waals surface area (Å²) in [6.07, 6.45) is -27.0. The van der Waals surface area contributed by atoms with Crippen molar-refractivity contribution in [3.8, 4) is 22.5 Å². The van der Waals surface area contributed by atoms with Crippen molar-refractivity contribution in [1.29, 1.82) is 0 Å². The molecule has 8 rings (SSSR count). The molecule has 462 valence electrons. The lowest BCUT2D eigenvalue weighted by Gasteiger charge is -2.48. The maximum absolute atomic E-state index is 13.4. The molecule has 0 radical (unpaired) electrons. The van der Waals surface area contributed by atoms with Crippen molar-refractivity contribution in [3.05, 3.63) is 101 Å². The van der Waals surface area contributed by atoms with Gasteiger partial charge >= 0.3 is 5.97 Å². The third kappa shape index (κ3) is 14.7. The summed E-state index contributed by atoms with van der Waals surface area (Å²) in [6, 6.07) is 22.0. The predicted molar refractivity (Wildman–Crippen MR) is 299 cm³/mol. The van der Waals surface area contributed by atoms with Gasteiger partial charge in [0.1, 0.15) is 98.7 Å². The molecule has 0 bridgehead atoms. The highest BCUT2D eigenvalue weighted by molar-refractivity contribution is 6.09. The molecule has 85 heavy (non-hydrogen) atoms. The molecule has 3 saturated heterocycles. The summed E-state index contributed by atoms with van der Waals surface area (Å²) in [4.78, 5) is 53.5. The number of carbonyl (C=O) groups is 4. The van der Waals surface area contributed by atoms with E-state index >= 15 is 0 Å². The normalized spacial score (nSPS) is 27.8. The zero-order valence-electron chi connectivity index (χ0n) is 46.9. The molecule has 15 N–H and O–H groups in total. The van der Waals surface area contributed by atoms with E-state index in [-0.39, 0.29) is 61.6 Å². The van der Waals surface area contributed by atoms with Crippen LogP contribution in [0.1, 0.15) is 37.5 Å². The number of carboxylic acid groups (broad SMARTS) is 1. The molecular weight excluding hydrogens is 1120 g/mol. The van der Waals surface area contributed by atoms with E-state index in [1.165, 1.54) is 18.2 Å². The number of nitrogens with zero attached hydrogens (tertiary/aromatic N) is 2. The summed E-state index contributed by atoms with van der Waals surface area (Å²) in [6.45, 7) is -2.77. The Hall–Kier alpha value is -6.81. The number of nitrogens with two attached hydrogens (primary N) is 1. The van der Waals surface area contributed by atoms with Gasteiger partial charge in [-0.15, -0.1) is 0 Å². The number of hydrogen-bond donors (Lipinski definition) is 14. The summed E-state index contributed by atoms with van der Waals surface area (Å²) in [5, 5.41) is 117. The number of carboxylic acids is 1. The standard InChI is InChI=1S/C57H72N6O22/c1-62(2)28-10-13-32-36(22-28)80-37-23-29(63(3)4)11-14-33(37)42(32)30-12-9-27(21-34(30)54(76)77)52(74)60-17-16-59-41(66)15-19-79-55-48(72)46(70)50(39(25-65)82-55)84-57-49(73)51(44(68)38(24-64)81-57)85-56-47(71)45(69)43(67)40(83-56)26-78-20-18-61-53(75)31-7-5-6-8-35(31)58/h5-14,21-23,38-40,43-51,55-57,64-65,67-73H,15-20,24-26H2,1-4H3,(H5-,58,59,60,61,66,74,75,76,77)/p+1/t38-,39-,40-,43+,44+,45+,46-,47-,48-,49-,50-,51+,55-,56-,57+/m1/s1. The fourth-order valence-corrected chi connectivity index (χ4v) is 10.0. The van der Waals surface area contributed by atoms with Crippen molar-refractivity contribution < 1.29 is 108 Å². The van der Waals surface area contributed by atoms with E-state index in [2.05, 4.69) is 16.0 Å². The van der Waals surface area contributed by atoms with Crippen LogP contribution in [0, 0.1) is 0 Å². The first-order valence-electron chi connectivity index (χ1n) is 27.3. The molecular formula is C57H73N6O22+. The molecule has 0 spiro atoms. The SMILES string of the molecule is CN(C)c1ccc2c(-c3ccc(C(=O)NCCNC(=O)CCO[C@@H]4O[C@H](CO)[C@@H](O[C@@H]5O[C@H](CO)[C@H](O)[C@H](O[C@H]6O[C@H](COCCNC(=O)c7ccccc7N)[C@H](O)[C@H](O)[C@H]6O)[C@H]5O)[C@H](O)[C@H]4O)cc3C(=O)O)c3ccc(=[N+](C)C)cc-3oc2c1. The molecule has 28 heteroatoms. The molecule has 15 atom stereocenters. The Kier molecular flexibility index (Phi) is 21.6. The Balaban J connectivity index is 0.811. The van der Waals surface area contributed by atoms with Crippen LogP contribution in [0.15, 0.2) is 83.3 Å². The van der Waals surface area contributed by atoms with E-state index in [9.17, 15) is 70.2 Å². The van der Waals surface area contributed by atoms with E-state index in [0.29, 0.717) is 33.4 Å². The van der Waals surface area contributed by atoms with Gasteiger partial charge in [0.25, 0.3) is 11.8 Å². The number of fused-ring (bicyclic) bond motifs is 2. The second kappa shape index (κ2) is 28.6.